The van der Waals surface area contributed by atoms with Crippen LogP contribution in [0, 0.1) is 5.92 Å². The van der Waals surface area contributed by atoms with E-state index in [4.69, 9.17) is 34.7 Å². The molecule has 2 unspecified atom stereocenters. The first-order valence-corrected chi connectivity index (χ1v) is 20.4. The second-order valence-corrected chi connectivity index (χ2v) is 15.9. The van der Waals surface area contributed by atoms with Crippen LogP contribution in [0.5, 0.6) is 23.0 Å². The highest BCUT2D eigenvalue weighted by atomic mass is 16.7. The van der Waals surface area contributed by atoms with Gasteiger partial charge < -0.3 is 44.1 Å². The van der Waals surface area contributed by atoms with Crippen molar-refractivity contribution in [2.45, 2.75) is 96.7 Å². The van der Waals surface area contributed by atoms with Crippen molar-refractivity contribution in [3.63, 3.8) is 0 Å². The Balaban J connectivity index is 0.000000195. The number of fused-ring (bicyclic) bond motifs is 4. The molecule has 0 spiro atoms. The van der Waals surface area contributed by atoms with E-state index in [1.165, 1.54) is 67.6 Å². The lowest BCUT2D eigenvalue weighted by Crippen LogP contribution is -2.48. The van der Waals surface area contributed by atoms with Gasteiger partial charge in [0.25, 0.3) is 0 Å². The van der Waals surface area contributed by atoms with Crippen molar-refractivity contribution in [1.29, 1.82) is 0 Å². The fourth-order valence-electron chi connectivity index (χ4n) is 8.37. The Kier molecular flexibility index (Phi) is 13.2. The number of nitrogens with zero attached hydrogens (tertiary/aromatic N) is 6. The second-order valence-electron chi connectivity index (χ2n) is 15.9. The highest BCUT2D eigenvalue weighted by molar-refractivity contribution is 6.31. The van der Waals surface area contributed by atoms with Crippen molar-refractivity contribution in [3.8, 4) is 23.0 Å². The van der Waals surface area contributed by atoms with Crippen LogP contribution in [0.4, 0.5) is 0 Å². The number of phenolic OH excluding ortho intramolecular Hbond substituents is 4. The summed E-state index contributed by atoms with van der Waals surface area (Å²) in [6.07, 6.45) is -2.47. The maximum atomic E-state index is 13.0. The SMILES string of the molecule is CC(=O)O[C@H]1C(C)O[C@H](OCc2cc(O)c3c(c2)C(=O)c2cccc(O)c2C3=O)C[C@H]1N=[N+]=[N-].CC1O[C@@H](OCc2cc(O)c3c(c2)C(=O)c2cccc(O)c2C3=O)C[C@@H](N=[N+]=[N-])[C@H]1C. The number of benzene rings is 4. The van der Waals surface area contributed by atoms with Crippen LogP contribution >= 0.6 is 0 Å². The largest absolute Gasteiger partial charge is 0.507 e. The molecule has 8 rings (SSSR count). The Bertz CT molecular complexity index is 2730. The number of ketones is 4. The molecule has 65 heavy (non-hydrogen) atoms. The summed E-state index contributed by atoms with van der Waals surface area (Å²) >= 11 is 0. The summed E-state index contributed by atoms with van der Waals surface area (Å²) in [4.78, 5) is 68.6. The monoisotopic (exact) mass is 890 g/mol. The first-order valence-electron chi connectivity index (χ1n) is 20.4. The number of rotatable bonds is 9. The smallest absolute Gasteiger partial charge is 0.303 e. The number of hydrogen-bond acceptors (Lipinski definition) is 16. The van der Waals surface area contributed by atoms with Gasteiger partial charge >= 0.3 is 5.97 Å². The number of hydrogen-bond donors (Lipinski definition) is 4. The molecule has 8 atom stereocenters. The molecule has 0 amide bonds. The number of carbonyl (C=O) groups is 5. The van der Waals surface area contributed by atoms with E-state index in [1.54, 1.807) is 6.92 Å². The number of azide groups is 2. The predicted octanol–water partition coefficient (Wildman–Crippen LogP) is 6.98. The Labute approximate surface area is 369 Å². The van der Waals surface area contributed by atoms with Crippen LogP contribution < -0.4 is 0 Å². The second kappa shape index (κ2) is 18.8. The van der Waals surface area contributed by atoms with Gasteiger partial charge in [-0.05, 0) is 78.4 Å². The maximum absolute atomic E-state index is 13.0. The zero-order valence-electron chi connectivity index (χ0n) is 35.3. The van der Waals surface area contributed by atoms with E-state index in [0.29, 0.717) is 17.5 Å². The molecule has 0 radical (unpaired) electrons. The van der Waals surface area contributed by atoms with Crippen molar-refractivity contribution < 1.29 is 68.1 Å². The van der Waals surface area contributed by atoms with E-state index in [1.807, 2.05) is 13.8 Å². The van der Waals surface area contributed by atoms with Gasteiger partial charge in [0.15, 0.2) is 24.1 Å². The minimum absolute atomic E-state index is 0.00140. The third kappa shape index (κ3) is 9.08. The molecular weight excluding hydrogens is 849 g/mol. The Morgan fingerprint density at radius 1 is 0.631 bits per heavy atom. The predicted molar refractivity (Wildman–Crippen MR) is 224 cm³/mol. The molecule has 2 heterocycles. The standard InChI is InChI=1S/C23H21N3O8.C22H21N3O6/c1-10-23(34-11(2)27)15(25-26-24)8-18(33-10)32-9-12-6-14-20(17(29)7-12)22(31)19-13(21(14)30)4-3-5-16(19)28;1-10-11(2)31-18(8-15(10)24-25-23)30-9-12-6-14-20(17(27)7-12)22(29)19-13(21(14)28)4-3-5-16(19)26/h3-7,10,15,18,23,28-29H,8-9H2,1-2H3;3-7,10-11,15,18,26-27H,8-9H2,1-2H3/t10?,15-,18+,23+;10-,11?,15+,18+/m10/s1. The van der Waals surface area contributed by atoms with Crippen molar-refractivity contribution in [1.82, 2.24) is 0 Å². The first kappa shape index (κ1) is 45.7. The van der Waals surface area contributed by atoms with Gasteiger partial charge in [0.1, 0.15) is 29.1 Å². The lowest BCUT2D eigenvalue weighted by molar-refractivity contribution is -0.233. The molecule has 4 N–H and O–H groups in total. The van der Waals surface area contributed by atoms with Crippen molar-refractivity contribution >= 4 is 29.1 Å². The first-order chi connectivity index (χ1) is 31.0. The van der Waals surface area contributed by atoms with Gasteiger partial charge in [0, 0.05) is 57.9 Å². The van der Waals surface area contributed by atoms with E-state index in [-0.39, 0.29) is 99.5 Å². The summed E-state index contributed by atoms with van der Waals surface area (Å²) in [6.45, 7) is 6.65. The average Bonchev–Trinajstić information content (AvgIpc) is 3.25. The van der Waals surface area contributed by atoms with E-state index in [0.717, 1.165) is 0 Å². The molecule has 2 aliphatic heterocycles. The summed E-state index contributed by atoms with van der Waals surface area (Å²) in [6, 6.07) is 13.1. The molecule has 4 aromatic carbocycles. The van der Waals surface area contributed by atoms with Gasteiger partial charge in [0.2, 0.25) is 11.6 Å². The molecule has 20 heteroatoms. The Morgan fingerprint density at radius 3 is 1.52 bits per heavy atom. The number of carbonyl (C=O) groups excluding carboxylic acids is 5. The van der Waals surface area contributed by atoms with Crippen LogP contribution in [0.1, 0.15) is 115 Å². The third-order valence-corrected chi connectivity index (χ3v) is 11.7. The molecule has 0 aromatic heterocycles. The Hall–Kier alpha value is -7.31. The van der Waals surface area contributed by atoms with Gasteiger partial charge in [-0.3, -0.25) is 24.0 Å². The summed E-state index contributed by atoms with van der Waals surface area (Å²) in [7, 11) is 0. The number of phenols is 4. The molecule has 4 aliphatic rings. The van der Waals surface area contributed by atoms with E-state index >= 15 is 0 Å². The zero-order chi connectivity index (χ0) is 46.9. The van der Waals surface area contributed by atoms with E-state index < -0.39 is 65.7 Å². The quantitative estimate of drug-likeness (QED) is 0.0493. The van der Waals surface area contributed by atoms with Crippen LogP contribution in [-0.2, 0) is 41.7 Å². The van der Waals surface area contributed by atoms with E-state index in [9.17, 15) is 44.4 Å². The number of ether oxygens (including phenoxy) is 5. The summed E-state index contributed by atoms with van der Waals surface area (Å²) in [5.74, 6) is -4.12. The topological polar surface area (TPSA) is 310 Å². The van der Waals surface area contributed by atoms with Crippen molar-refractivity contribution in [2.75, 3.05) is 0 Å². The average molecular weight is 891 g/mol. The molecule has 20 nitrogen and oxygen atoms in total. The van der Waals surface area contributed by atoms with Crippen LogP contribution in [0.3, 0.4) is 0 Å². The summed E-state index contributed by atoms with van der Waals surface area (Å²) in [5.41, 5.74) is 18.1. The highest BCUT2D eigenvalue weighted by Crippen LogP contribution is 2.40. The minimum Gasteiger partial charge on any atom is -0.507 e. The van der Waals surface area contributed by atoms with Gasteiger partial charge in [-0.25, -0.2) is 0 Å². The molecule has 4 aromatic rings. The zero-order valence-corrected chi connectivity index (χ0v) is 35.3. The fourth-order valence-corrected chi connectivity index (χ4v) is 8.37. The van der Waals surface area contributed by atoms with Gasteiger partial charge in [0.05, 0.1) is 53.7 Å². The maximum Gasteiger partial charge on any atom is 0.303 e. The normalized spacial score (nSPS) is 24.1. The fraction of sp³-hybridized carbons (Fsp3) is 0.356. The molecule has 336 valence electrons. The van der Waals surface area contributed by atoms with Crippen LogP contribution in [-0.4, -0.2) is 92.5 Å². The van der Waals surface area contributed by atoms with Crippen LogP contribution in [0.25, 0.3) is 20.9 Å². The Morgan fingerprint density at radius 2 is 1.06 bits per heavy atom. The van der Waals surface area contributed by atoms with Crippen molar-refractivity contribution in [3.05, 3.63) is 137 Å². The van der Waals surface area contributed by atoms with Gasteiger partial charge in [-0.15, -0.1) is 0 Å². The van der Waals surface area contributed by atoms with Gasteiger partial charge in [-0.2, -0.15) is 0 Å². The number of esters is 1. The number of aromatic hydroxyl groups is 4. The molecule has 0 bridgehead atoms. The summed E-state index contributed by atoms with van der Waals surface area (Å²) in [5, 5.41) is 48.6. The minimum atomic E-state index is -0.814. The lowest BCUT2D eigenvalue weighted by atomic mass is 9.82. The molecule has 2 aliphatic carbocycles. The van der Waals surface area contributed by atoms with Gasteiger partial charge in [-0.1, -0.05) is 41.4 Å². The van der Waals surface area contributed by atoms with Crippen molar-refractivity contribution in [2.24, 2.45) is 16.1 Å². The van der Waals surface area contributed by atoms with E-state index in [2.05, 4.69) is 20.1 Å². The third-order valence-electron chi connectivity index (χ3n) is 11.7. The molecule has 2 fully saturated rings. The summed E-state index contributed by atoms with van der Waals surface area (Å²) < 4.78 is 28.4. The molecular formula is C45H42N6O14. The van der Waals surface area contributed by atoms with Crippen LogP contribution in [0.15, 0.2) is 70.9 Å². The highest BCUT2D eigenvalue weighted by Gasteiger charge is 2.40. The molecule has 2 saturated heterocycles. The van der Waals surface area contributed by atoms with Crippen LogP contribution in [0.2, 0.25) is 0 Å². The lowest BCUT2D eigenvalue weighted by Gasteiger charge is -2.37. The molecule has 0 saturated carbocycles.